The van der Waals surface area contributed by atoms with Gasteiger partial charge in [-0.25, -0.2) is 4.98 Å². The highest BCUT2D eigenvalue weighted by molar-refractivity contribution is 5.41. The van der Waals surface area contributed by atoms with E-state index in [0.29, 0.717) is 5.82 Å². The Hall–Kier alpha value is -2.07. The maximum absolute atomic E-state index is 5.73. The van der Waals surface area contributed by atoms with Gasteiger partial charge in [-0.15, -0.1) is 0 Å². The lowest BCUT2D eigenvalue weighted by Gasteiger charge is -2.20. The van der Waals surface area contributed by atoms with Gasteiger partial charge in [-0.3, -0.25) is 0 Å². The number of aryl methyl sites for hydroxylation is 1. The number of aromatic nitrogens is 1. The molecule has 0 fully saturated rings. The molecule has 2 aromatic rings. The van der Waals surface area contributed by atoms with Crippen LogP contribution in [0.15, 0.2) is 36.5 Å². The summed E-state index contributed by atoms with van der Waals surface area (Å²) in [4.78, 5) is 4.02. The fraction of sp³-hybridized carbons (Fsp3) is 0.312. The van der Waals surface area contributed by atoms with E-state index >= 15 is 0 Å². The molecule has 0 aliphatic rings. The number of nitrogens with two attached hydrogens (primary N) is 1. The van der Waals surface area contributed by atoms with Crippen LogP contribution in [0.25, 0.3) is 0 Å². The number of likely N-dealkylation sites (N-methyl/N-ethyl adjacent to an activating group) is 1. The molecule has 3 N–H and O–H groups in total. The van der Waals surface area contributed by atoms with Crippen LogP contribution in [0, 0.1) is 6.92 Å². The van der Waals surface area contributed by atoms with Gasteiger partial charge in [-0.1, -0.05) is 12.1 Å². The standard InChI is InChI=1S/C16H21N3O/c1-11-4-5-13(15(8-11)20-3)14(18-2)9-12-6-7-19-16(17)10-12/h4-8,10,14,18H,9H2,1-3H3,(H2,17,19). The van der Waals surface area contributed by atoms with Crippen LogP contribution in [0.1, 0.15) is 22.7 Å². The van der Waals surface area contributed by atoms with Crippen molar-refractivity contribution < 1.29 is 4.74 Å². The van der Waals surface area contributed by atoms with Crippen molar-refractivity contribution in [2.45, 2.75) is 19.4 Å². The zero-order valence-corrected chi connectivity index (χ0v) is 12.2. The van der Waals surface area contributed by atoms with Gasteiger partial charge in [0.2, 0.25) is 0 Å². The Bertz CT molecular complexity index is 584. The second-order valence-corrected chi connectivity index (χ2v) is 4.88. The second-order valence-electron chi connectivity index (χ2n) is 4.88. The molecule has 2 rings (SSSR count). The van der Waals surface area contributed by atoms with E-state index in [-0.39, 0.29) is 6.04 Å². The molecule has 20 heavy (non-hydrogen) atoms. The maximum Gasteiger partial charge on any atom is 0.123 e. The van der Waals surface area contributed by atoms with E-state index < -0.39 is 0 Å². The molecule has 1 aromatic heterocycles. The summed E-state index contributed by atoms with van der Waals surface area (Å²) in [6.45, 7) is 2.06. The van der Waals surface area contributed by atoms with Crippen LogP contribution in [-0.2, 0) is 6.42 Å². The third-order valence-electron chi connectivity index (χ3n) is 3.40. The summed E-state index contributed by atoms with van der Waals surface area (Å²) in [6.07, 6.45) is 2.58. The van der Waals surface area contributed by atoms with Crippen molar-refractivity contribution in [2.24, 2.45) is 0 Å². The lowest BCUT2D eigenvalue weighted by molar-refractivity contribution is 0.401. The fourth-order valence-electron chi connectivity index (χ4n) is 2.33. The van der Waals surface area contributed by atoms with Crippen molar-refractivity contribution in [2.75, 3.05) is 19.9 Å². The molecule has 0 amide bonds. The third-order valence-corrected chi connectivity index (χ3v) is 3.40. The van der Waals surface area contributed by atoms with Gasteiger partial charge in [0, 0.05) is 17.8 Å². The Morgan fingerprint density at radius 1 is 1.30 bits per heavy atom. The zero-order valence-electron chi connectivity index (χ0n) is 12.2. The normalized spacial score (nSPS) is 12.2. The zero-order chi connectivity index (χ0) is 14.5. The van der Waals surface area contributed by atoms with E-state index in [9.17, 15) is 0 Å². The second kappa shape index (κ2) is 6.39. The molecule has 0 saturated carbocycles. The number of nitrogen functional groups attached to an aromatic ring is 1. The number of hydrogen-bond donors (Lipinski definition) is 2. The summed E-state index contributed by atoms with van der Waals surface area (Å²) in [5, 5.41) is 3.34. The maximum atomic E-state index is 5.73. The Morgan fingerprint density at radius 3 is 2.75 bits per heavy atom. The minimum Gasteiger partial charge on any atom is -0.496 e. The molecule has 1 heterocycles. The predicted molar refractivity (Wildman–Crippen MR) is 81.9 cm³/mol. The summed E-state index contributed by atoms with van der Waals surface area (Å²) >= 11 is 0. The fourth-order valence-corrected chi connectivity index (χ4v) is 2.33. The van der Waals surface area contributed by atoms with Crippen molar-refractivity contribution in [3.05, 3.63) is 53.2 Å². The van der Waals surface area contributed by atoms with Gasteiger partial charge in [0.25, 0.3) is 0 Å². The Morgan fingerprint density at radius 2 is 2.10 bits per heavy atom. The molecule has 0 aliphatic heterocycles. The van der Waals surface area contributed by atoms with E-state index in [1.807, 2.05) is 19.2 Å². The Labute approximate surface area is 120 Å². The molecule has 4 nitrogen and oxygen atoms in total. The first-order valence-corrected chi connectivity index (χ1v) is 6.66. The summed E-state index contributed by atoms with van der Waals surface area (Å²) in [6, 6.07) is 10.3. The number of nitrogens with one attached hydrogen (secondary N) is 1. The minimum absolute atomic E-state index is 0.173. The van der Waals surface area contributed by atoms with Crippen molar-refractivity contribution in [1.29, 1.82) is 0 Å². The molecule has 1 unspecified atom stereocenters. The Balaban J connectivity index is 2.28. The highest BCUT2D eigenvalue weighted by atomic mass is 16.5. The molecule has 0 aliphatic carbocycles. The van der Waals surface area contributed by atoms with Crippen molar-refractivity contribution in [3.8, 4) is 5.75 Å². The first-order chi connectivity index (χ1) is 9.63. The minimum atomic E-state index is 0.173. The molecule has 0 saturated heterocycles. The topological polar surface area (TPSA) is 60.2 Å². The SMILES string of the molecule is CNC(Cc1ccnc(N)c1)c1ccc(C)cc1OC. The van der Waals surface area contributed by atoms with Gasteiger partial charge in [-0.05, 0) is 49.7 Å². The molecule has 4 heteroatoms. The quantitative estimate of drug-likeness (QED) is 0.877. The van der Waals surface area contributed by atoms with Crippen molar-refractivity contribution in [3.63, 3.8) is 0 Å². The molecule has 1 aromatic carbocycles. The van der Waals surface area contributed by atoms with E-state index in [4.69, 9.17) is 10.5 Å². The van der Waals surface area contributed by atoms with Crippen molar-refractivity contribution >= 4 is 5.82 Å². The van der Waals surface area contributed by atoms with Gasteiger partial charge in [-0.2, -0.15) is 0 Å². The first kappa shape index (κ1) is 14.3. The number of benzene rings is 1. The molecule has 106 valence electrons. The van der Waals surface area contributed by atoms with Crippen LogP contribution in [0.5, 0.6) is 5.75 Å². The van der Waals surface area contributed by atoms with Crippen LogP contribution in [0.2, 0.25) is 0 Å². The van der Waals surface area contributed by atoms with Crippen LogP contribution in [0.4, 0.5) is 5.82 Å². The molecule has 0 bridgehead atoms. The van der Waals surface area contributed by atoms with Gasteiger partial charge < -0.3 is 15.8 Å². The number of hydrogen-bond acceptors (Lipinski definition) is 4. The predicted octanol–water partition coefficient (Wildman–Crippen LogP) is 2.48. The van der Waals surface area contributed by atoms with E-state index in [2.05, 4.69) is 35.4 Å². The number of methoxy groups -OCH3 is 1. The molecular formula is C16H21N3O. The number of rotatable bonds is 5. The van der Waals surface area contributed by atoms with Crippen LogP contribution in [0.3, 0.4) is 0 Å². The monoisotopic (exact) mass is 271 g/mol. The first-order valence-electron chi connectivity index (χ1n) is 6.66. The lowest BCUT2D eigenvalue weighted by Crippen LogP contribution is -2.19. The van der Waals surface area contributed by atoms with Gasteiger partial charge in [0.15, 0.2) is 0 Å². The van der Waals surface area contributed by atoms with Crippen molar-refractivity contribution in [1.82, 2.24) is 10.3 Å². The van der Waals surface area contributed by atoms with Crippen LogP contribution >= 0.6 is 0 Å². The summed E-state index contributed by atoms with van der Waals surface area (Å²) in [5.74, 6) is 1.46. The molecular weight excluding hydrogens is 250 g/mol. The van der Waals surface area contributed by atoms with E-state index in [1.165, 1.54) is 5.56 Å². The summed E-state index contributed by atoms with van der Waals surface area (Å²) in [5.41, 5.74) is 9.22. The Kier molecular flexibility index (Phi) is 4.58. The number of ether oxygens (including phenoxy) is 1. The summed E-state index contributed by atoms with van der Waals surface area (Å²) < 4.78 is 5.49. The van der Waals surface area contributed by atoms with Crippen LogP contribution < -0.4 is 15.8 Å². The van der Waals surface area contributed by atoms with E-state index in [1.54, 1.807) is 13.3 Å². The van der Waals surface area contributed by atoms with Gasteiger partial charge in [0.05, 0.1) is 7.11 Å². The van der Waals surface area contributed by atoms with Gasteiger partial charge in [0.1, 0.15) is 11.6 Å². The average Bonchev–Trinajstić information content (AvgIpc) is 2.45. The third kappa shape index (κ3) is 3.27. The van der Waals surface area contributed by atoms with E-state index in [0.717, 1.165) is 23.3 Å². The average molecular weight is 271 g/mol. The number of pyridine rings is 1. The highest BCUT2D eigenvalue weighted by Gasteiger charge is 2.15. The van der Waals surface area contributed by atoms with Gasteiger partial charge >= 0.3 is 0 Å². The smallest absolute Gasteiger partial charge is 0.123 e. The molecule has 1 atom stereocenters. The molecule has 0 radical (unpaired) electrons. The lowest BCUT2D eigenvalue weighted by atomic mass is 9.97. The number of nitrogens with zero attached hydrogens (tertiary/aromatic N) is 1. The summed E-state index contributed by atoms with van der Waals surface area (Å²) in [7, 11) is 3.66. The molecule has 0 spiro atoms. The number of anilines is 1. The highest BCUT2D eigenvalue weighted by Crippen LogP contribution is 2.28. The largest absolute Gasteiger partial charge is 0.496 e. The van der Waals surface area contributed by atoms with Crippen LogP contribution in [-0.4, -0.2) is 19.1 Å².